The van der Waals surface area contributed by atoms with Crippen LogP contribution >= 0.6 is 0 Å². The minimum absolute atomic E-state index is 0.140. The van der Waals surface area contributed by atoms with Crippen molar-refractivity contribution in [2.45, 2.75) is 57.2 Å². The lowest BCUT2D eigenvalue weighted by Gasteiger charge is -2.17. The van der Waals surface area contributed by atoms with Gasteiger partial charge in [-0.2, -0.15) is 0 Å². The van der Waals surface area contributed by atoms with Crippen molar-refractivity contribution in [3.63, 3.8) is 0 Å². The Bertz CT molecular complexity index is 506. The molecular formula is C17H22N4. The van der Waals surface area contributed by atoms with Gasteiger partial charge in [0.2, 0.25) is 0 Å². The molecule has 3 rings (SSSR count). The van der Waals surface area contributed by atoms with Crippen LogP contribution in [0.3, 0.4) is 0 Å². The number of rotatable bonds is 5. The molecule has 4 heteroatoms. The predicted octanol–water partition coefficient (Wildman–Crippen LogP) is 4.04. The van der Waals surface area contributed by atoms with Crippen molar-refractivity contribution < 1.29 is 0 Å². The van der Waals surface area contributed by atoms with Gasteiger partial charge in [-0.3, -0.25) is 20.0 Å². The summed E-state index contributed by atoms with van der Waals surface area (Å²) in [6.45, 7) is 5.87. The minimum atomic E-state index is 0.140. The Balaban J connectivity index is 2.00. The summed E-state index contributed by atoms with van der Waals surface area (Å²) in [4.78, 5) is 18.2. The maximum absolute atomic E-state index is 4.86. The number of hydrogen-bond donors (Lipinski definition) is 0. The van der Waals surface area contributed by atoms with Crippen LogP contribution in [0.1, 0.15) is 74.1 Å². The van der Waals surface area contributed by atoms with E-state index in [9.17, 15) is 0 Å². The van der Waals surface area contributed by atoms with Crippen LogP contribution in [0.2, 0.25) is 0 Å². The fraction of sp³-hybridized carbons (Fsp3) is 0.529. The van der Waals surface area contributed by atoms with E-state index in [0.29, 0.717) is 0 Å². The van der Waals surface area contributed by atoms with Gasteiger partial charge in [0.15, 0.2) is 0 Å². The van der Waals surface area contributed by atoms with Crippen LogP contribution in [-0.4, -0.2) is 24.1 Å². The third-order valence-electron chi connectivity index (χ3n) is 4.27. The van der Waals surface area contributed by atoms with Crippen LogP contribution in [0.25, 0.3) is 0 Å². The Morgan fingerprint density at radius 3 is 2.10 bits per heavy atom. The highest BCUT2D eigenvalue weighted by molar-refractivity contribution is 5.61. The fourth-order valence-electron chi connectivity index (χ4n) is 3.07. The molecule has 3 heterocycles. The summed E-state index contributed by atoms with van der Waals surface area (Å²) in [5.41, 5.74) is 3.35. The molecule has 4 nitrogen and oxygen atoms in total. The Kier molecular flexibility index (Phi) is 4.23. The average molecular weight is 282 g/mol. The van der Waals surface area contributed by atoms with E-state index in [1.165, 1.54) is 5.56 Å². The molecule has 2 aliphatic heterocycles. The van der Waals surface area contributed by atoms with Gasteiger partial charge in [0.25, 0.3) is 0 Å². The molecule has 1 aromatic heterocycles. The molecular weight excluding hydrogens is 260 g/mol. The standard InChI is InChI=1S/C17H22N4/c1-3-13(18-2)12-10-16(14-6-4-8-19-14)21-17(11-12)15-7-5-9-20-15/h8-11,13-15H,2-7H2,1H3. The van der Waals surface area contributed by atoms with Crippen molar-refractivity contribution >= 4 is 19.1 Å². The topological polar surface area (TPSA) is 50.0 Å². The van der Waals surface area contributed by atoms with Crippen molar-refractivity contribution in [2.75, 3.05) is 0 Å². The third-order valence-corrected chi connectivity index (χ3v) is 4.27. The monoisotopic (exact) mass is 282 g/mol. The fourth-order valence-corrected chi connectivity index (χ4v) is 3.07. The highest BCUT2D eigenvalue weighted by atomic mass is 14.9. The van der Waals surface area contributed by atoms with E-state index in [4.69, 9.17) is 4.98 Å². The zero-order valence-corrected chi connectivity index (χ0v) is 12.6. The predicted molar refractivity (Wildman–Crippen MR) is 87.8 cm³/mol. The van der Waals surface area contributed by atoms with E-state index in [2.05, 4.69) is 40.8 Å². The Labute approximate surface area is 126 Å². The van der Waals surface area contributed by atoms with Crippen LogP contribution in [0.15, 0.2) is 27.1 Å². The van der Waals surface area contributed by atoms with E-state index in [0.717, 1.165) is 43.5 Å². The van der Waals surface area contributed by atoms with Crippen molar-refractivity contribution in [1.82, 2.24) is 4.98 Å². The maximum Gasteiger partial charge on any atom is 0.0919 e. The SMILES string of the molecule is C=NC(CC)c1cc(C2CCC=N2)nc(C2CCC=N2)c1. The lowest BCUT2D eigenvalue weighted by molar-refractivity contribution is 0.641. The summed E-state index contributed by atoms with van der Waals surface area (Å²) in [6, 6.07) is 4.88. The summed E-state index contributed by atoms with van der Waals surface area (Å²) in [6.07, 6.45) is 9.18. The summed E-state index contributed by atoms with van der Waals surface area (Å²) in [5.74, 6) is 0. The highest BCUT2D eigenvalue weighted by Crippen LogP contribution is 2.33. The molecule has 2 aliphatic rings. The first kappa shape index (κ1) is 14.1. The van der Waals surface area contributed by atoms with Crippen molar-refractivity contribution in [1.29, 1.82) is 0 Å². The number of nitrogens with zero attached hydrogens (tertiary/aromatic N) is 4. The molecule has 0 saturated heterocycles. The smallest absolute Gasteiger partial charge is 0.0919 e. The van der Waals surface area contributed by atoms with Gasteiger partial charge in [0.05, 0.1) is 29.5 Å². The van der Waals surface area contributed by atoms with Crippen molar-refractivity contribution in [3.8, 4) is 0 Å². The molecule has 0 aliphatic carbocycles. The van der Waals surface area contributed by atoms with Crippen LogP contribution in [0, 0.1) is 0 Å². The second kappa shape index (κ2) is 6.29. The van der Waals surface area contributed by atoms with Gasteiger partial charge in [-0.25, -0.2) is 0 Å². The zero-order valence-electron chi connectivity index (χ0n) is 12.6. The Morgan fingerprint density at radius 2 is 1.71 bits per heavy atom. The number of pyridine rings is 1. The first-order chi connectivity index (χ1) is 10.3. The minimum Gasteiger partial charge on any atom is -0.293 e. The quantitative estimate of drug-likeness (QED) is 0.752. The molecule has 0 radical (unpaired) electrons. The molecule has 0 fully saturated rings. The molecule has 0 N–H and O–H groups in total. The molecule has 0 amide bonds. The van der Waals surface area contributed by atoms with E-state index < -0.39 is 0 Å². The highest BCUT2D eigenvalue weighted by Gasteiger charge is 2.22. The zero-order chi connectivity index (χ0) is 14.7. The van der Waals surface area contributed by atoms with Crippen LogP contribution in [-0.2, 0) is 0 Å². The second-order valence-electron chi connectivity index (χ2n) is 5.71. The summed E-state index contributed by atoms with van der Waals surface area (Å²) < 4.78 is 0. The molecule has 3 unspecified atom stereocenters. The summed E-state index contributed by atoms with van der Waals surface area (Å²) in [7, 11) is 0. The van der Waals surface area contributed by atoms with Gasteiger partial charge in [-0.1, -0.05) is 6.92 Å². The van der Waals surface area contributed by atoms with Gasteiger partial charge in [0.1, 0.15) is 0 Å². The number of hydrogen-bond acceptors (Lipinski definition) is 4. The average Bonchev–Trinajstić information content (AvgIpc) is 3.22. The first-order valence-electron chi connectivity index (χ1n) is 7.82. The van der Waals surface area contributed by atoms with E-state index >= 15 is 0 Å². The maximum atomic E-state index is 4.86. The second-order valence-corrected chi connectivity index (χ2v) is 5.71. The molecule has 0 spiro atoms. The van der Waals surface area contributed by atoms with Crippen molar-refractivity contribution in [2.24, 2.45) is 15.0 Å². The summed E-state index contributed by atoms with van der Waals surface area (Å²) >= 11 is 0. The van der Waals surface area contributed by atoms with E-state index in [1.54, 1.807) is 0 Å². The van der Waals surface area contributed by atoms with Crippen LogP contribution in [0.5, 0.6) is 0 Å². The normalized spacial score (nSPS) is 25.4. The third kappa shape index (κ3) is 2.94. The van der Waals surface area contributed by atoms with Crippen molar-refractivity contribution in [3.05, 3.63) is 29.1 Å². The number of aromatic nitrogens is 1. The molecule has 0 aromatic carbocycles. The van der Waals surface area contributed by atoms with Gasteiger partial charge in [0, 0.05) is 0 Å². The molecule has 110 valence electrons. The summed E-state index contributed by atoms with van der Waals surface area (Å²) in [5, 5.41) is 0. The van der Waals surface area contributed by atoms with Gasteiger partial charge in [-0.15, -0.1) is 0 Å². The van der Waals surface area contributed by atoms with Crippen LogP contribution < -0.4 is 0 Å². The largest absolute Gasteiger partial charge is 0.293 e. The molecule has 1 aromatic rings. The lowest BCUT2D eigenvalue weighted by atomic mass is 9.99. The van der Waals surface area contributed by atoms with Gasteiger partial charge in [-0.05, 0) is 68.9 Å². The lowest BCUT2D eigenvalue weighted by Crippen LogP contribution is -2.06. The molecule has 0 saturated carbocycles. The number of aliphatic imine (C=N–C) groups is 3. The van der Waals surface area contributed by atoms with E-state index in [1.807, 2.05) is 12.4 Å². The van der Waals surface area contributed by atoms with Crippen LogP contribution in [0.4, 0.5) is 0 Å². The molecule has 0 bridgehead atoms. The Hall–Kier alpha value is -1.84. The Morgan fingerprint density at radius 1 is 1.14 bits per heavy atom. The first-order valence-corrected chi connectivity index (χ1v) is 7.82. The molecule has 21 heavy (non-hydrogen) atoms. The van der Waals surface area contributed by atoms with Gasteiger partial charge >= 0.3 is 0 Å². The van der Waals surface area contributed by atoms with Gasteiger partial charge < -0.3 is 0 Å². The van der Waals surface area contributed by atoms with E-state index in [-0.39, 0.29) is 18.1 Å². The molecule has 3 atom stereocenters.